The van der Waals surface area contributed by atoms with Gasteiger partial charge in [-0.05, 0) is 67.8 Å². The molecule has 1 heterocycles. The van der Waals surface area contributed by atoms with Crippen molar-refractivity contribution >= 4 is 17.8 Å². The minimum absolute atomic E-state index is 0.308. The Labute approximate surface area is 213 Å². The number of rotatable bonds is 14. The minimum Gasteiger partial charge on any atom is -0.494 e. The highest BCUT2D eigenvalue weighted by atomic mass is 16.5. The largest absolute Gasteiger partial charge is 0.494 e. The second-order valence-electron chi connectivity index (χ2n) is 9.26. The third-order valence-electron chi connectivity index (χ3n) is 6.47. The molecule has 1 atom stereocenters. The van der Waals surface area contributed by atoms with Crippen LogP contribution >= 0.6 is 0 Å². The van der Waals surface area contributed by atoms with Gasteiger partial charge in [0.2, 0.25) is 0 Å². The van der Waals surface area contributed by atoms with E-state index < -0.39 is 18.0 Å². The molecule has 1 fully saturated rings. The predicted octanol–water partition coefficient (Wildman–Crippen LogP) is 6.11. The van der Waals surface area contributed by atoms with Crippen LogP contribution in [-0.4, -0.2) is 47.0 Å². The molecule has 7 heteroatoms. The number of carboxylic acid groups (broad SMARTS) is 1. The van der Waals surface area contributed by atoms with Gasteiger partial charge in [-0.2, -0.15) is 0 Å². The number of hydrogen-bond acceptors (Lipinski definition) is 5. The number of hydrogen-bond donors (Lipinski definition) is 1. The van der Waals surface area contributed by atoms with Gasteiger partial charge in [-0.3, -0.25) is 4.79 Å². The first-order valence-corrected chi connectivity index (χ1v) is 13.1. The van der Waals surface area contributed by atoms with Gasteiger partial charge in [-0.15, -0.1) is 0 Å². The van der Waals surface area contributed by atoms with Crippen LogP contribution in [0.2, 0.25) is 0 Å². The van der Waals surface area contributed by atoms with Crippen LogP contribution in [0.1, 0.15) is 91.8 Å². The van der Waals surface area contributed by atoms with E-state index in [1.807, 2.05) is 0 Å². The molecule has 0 bridgehead atoms. The number of likely N-dealkylation sites (tertiary alicyclic amines) is 1. The van der Waals surface area contributed by atoms with E-state index in [2.05, 4.69) is 6.92 Å². The average Bonchev–Trinajstić information content (AvgIpc) is 3.39. The lowest BCUT2D eigenvalue weighted by atomic mass is 10.1. The van der Waals surface area contributed by atoms with E-state index in [0.717, 1.165) is 12.2 Å². The van der Waals surface area contributed by atoms with E-state index in [1.165, 1.54) is 62.0 Å². The highest BCUT2D eigenvalue weighted by molar-refractivity contribution is 5.97. The molecule has 0 spiro atoms. The van der Waals surface area contributed by atoms with Crippen LogP contribution in [0.5, 0.6) is 11.5 Å². The fraction of sp³-hybridized carbons (Fsp3) is 0.483. The molecule has 0 radical (unpaired) electrons. The van der Waals surface area contributed by atoms with Gasteiger partial charge in [0.15, 0.2) is 0 Å². The number of carboxylic acids is 1. The molecule has 0 unspecified atom stereocenters. The highest BCUT2D eigenvalue weighted by Gasteiger charge is 2.34. The molecule has 0 aromatic heterocycles. The fourth-order valence-electron chi connectivity index (χ4n) is 4.38. The molecule has 36 heavy (non-hydrogen) atoms. The van der Waals surface area contributed by atoms with Crippen molar-refractivity contribution < 1.29 is 29.0 Å². The first-order chi connectivity index (χ1) is 17.5. The minimum atomic E-state index is -0.990. The summed E-state index contributed by atoms with van der Waals surface area (Å²) in [4.78, 5) is 37.9. The molecule has 2 aromatic rings. The first-order valence-electron chi connectivity index (χ1n) is 13.1. The lowest BCUT2D eigenvalue weighted by molar-refractivity contribution is -0.141. The molecule has 1 aliphatic heterocycles. The van der Waals surface area contributed by atoms with Crippen LogP contribution in [0.25, 0.3) is 0 Å². The number of amides is 1. The SMILES string of the molecule is CCCCCCCCCCOc1ccc(C(=O)Oc2ccc(C(=O)N3CCC[C@H]3C(=O)O)cc2)cc1. The molecule has 1 saturated heterocycles. The lowest BCUT2D eigenvalue weighted by Gasteiger charge is -2.21. The monoisotopic (exact) mass is 495 g/mol. The Morgan fingerprint density at radius 2 is 1.42 bits per heavy atom. The Morgan fingerprint density at radius 3 is 2.06 bits per heavy atom. The summed E-state index contributed by atoms with van der Waals surface area (Å²) in [6, 6.07) is 12.2. The molecule has 1 amide bonds. The van der Waals surface area contributed by atoms with Crippen molar-refractivity contribution in [3.05, 3.63) is 59.7 Å². The Hall–Kier alpha value is -3.35. The van der Waals surface area contributed by atoms with Crippen molar-refractivity contribution in [1.29, 1.82) is 0 Å². The fourth-order valence-corrected chi connectivity index (χ4v) is 4.38. The van der Waals surface area contributed by atoms with Crippen LogP contribution in [0.15, 0.2) is 48.5 Å². The van der Waals surface area contributed by atoms with Crippen molar-refractivity contribution in [3.63, 3.8) is 0 Å². The predicted molar refractivity (Wildman–Crippen MR) is 138 cm³/mol. The molecule has 3 rings (SSSR count). The van der Waals surface area contributed by atoms with Gasteiger partial charge in [-0.25, -0.2) is 9.59 Å². The first kappa shape index (κ1) is 27.2. The number of carbonyl (C=O) groups excluding carboxylic acids is 2. The van der Waals surface area contributed by atoms with Crippen molar-refractivity contribution in [1.82, 2.24) is 4.90 Å². The van der Waals surface area contributed by atoms with Gasteiger partial charge in [0.25, 0.3) is 5.91 Å². The molecule has 2 aromatic carbocycles. The number of aliphatic carboxylic acids is 1. The van der Waals surface area contributed by atoms with Crippen LogP contribution < -0.4 is 9.47 Å². The number of carbonyl (C=O) groups is 3. The summed E-state index contributed by atoms with van der Waals surface area (Å²) >= 11 is 0. The maximum atomic E-state index is 12.7. The van der Waals surface area contributed by atoms with Gasteiger partial charge in [0.05, 0.1) is 12.2 Å². The second-order valence-corrected chi connectivity index (χ2v) is 9.26. The lowest BCUT2D eigenvalue weighted by Crippen LogP contribution is -2.40. The van der Waals surface area contributed by atoms with Crippen molar-refractivity contribution in [3.8, 4) is 11.5 Å². The zero-order valence-corrected chi connectivity index (χ0v) is 21.1. The van der Waals surface area contributed by atoms with Gasteiger partial charge in [0.1, 0.15) is 17.5 Å². The number of benzene rings is 2. The smallest absolute Gasteiger partial charge is 0.343 e. The summed E-state index contributed by atoms with van der Waals surface area (Å²) in [5, 5.41) is 9.29. The molecule has 0 aliphatic carbocycles. The number of nitrogens with zero attached hydrogens (tertiary/aromatic N) is 1. The van der Waals surface area contributed by atoms with Crippen LogP contribution in [0.4, 0.5) is 0 Å². The highest BCUT2D eigenvalue weighted by Crippen LogP contribution is 2.22. The average molecular weight is 496 g/mol. The summed E-state index contributed by atoms with van der Waals surface area (Å²) < 4.78 is 11.2. The van der Waals surface area contributed by atoms with Crippen molar-refractivity contribution in [2.24, 2.45) is 0 Å². The summed E-state index contributed by atoms with van der Waals surface area (Å²) in [5.74, 6) is -0.799. The summed E-state index contributed by atoms with van der Waals surface area (Å²) in [6.45, 7) is 3.31. The quantitative estimate of drug-likeness (QED) is 0.193. The van der Waals surface area contributed by atoms with E-state index in [-0.39, 0.29) is 5.91 Å². The number of esters is 1. The second kappa shape index (κ2) is 14.3. The van der Waals surface area contributed by atoms with Crippen molar-refractivity contribution in [2.45, 2.75) is 77.2 Å². The van der Waals surface area contributed by atoms with E-state index in [9.17, 15) is 19.5 Å². The Balaban J connectivity index is 1.41. The maximum Gasteiger partial charge on any atom is 0.343 e. The third-order valence-corrected chi connectivity index (χ3v) is 6.47. The molecule has 194 valence electrons. The third kappa shape index (κ3) is 8.11. The summed E-state index contributed by atoms with van der Waals surface area (Å²) in [6.07, 6.45) is 11.1. The molecular weight excluding hydrogens is 458 g/mol. The van der Waals surface area contributed by atoms with Gasteiger partial charge < -0.3 is 19.5 Å². The molecular formula is C29H37NO6. The summed E-state index contributed by atoms with van der Waals surface area (Å²) in [5.41, 5.74) is 0.761. The van der Waals surface area contributed by atoms with E-state index in [0.29, 0.717) is 42.9 Å². The number of unbranched alkanes of at least 4 members (excludes halogenated alkanes) is 7. The molecule has 7 nitrogen and oxygen atoms in total. The van der Waals surface area contributed by atoms with Gasteiger partial charge >= 0.3 is 11.9 Å². The standard InChI is InChI=1S/C29H37NO6/c1-2-3-4-5-6-7-8-9-21-35-24-16-14-23(15-17-24)29(34)36-25-18-12-22(13-19-25)27(31)30-20-10-11-26(30)28(32)33/h12-19,26H,2-11,20-21H2,1H3,(H,32,33)/t26-/m0/s1. The van der Waals surface area contributed by atoms with Gasteiger partial charge in [-0.1, -0.05) is 51.9 Å². The van der Waals surface area contributed by atoms with Crippen LogP contribution in [0, 0.1) is 0 Å². The Kier molecular flexibility index (Phi) is 10.8. The van der Waals surface area contributed by atoms with E-state index in [1.54, 1.807) is 36.4 Å². The molecule has 1 N–H and O–H groups in total. The Morgan fingerprint density at radius 1 is 0.833 bits per heavy atom. The van der Waals surface area contributed by atoms with E-state index >= 15 is 0 Å². The van der Waals surface area contributed by atoms with Gasteiger partial charge in [0, 0.05) is 12.1 Å². The zero-order chi connectivity index (χ0) is 25.8. The van der Waals surface area contributed by atoms with Crippen molar-refractivity contribution in [2.75, 3.05) is 13.2 Å². The topological polar surface area (TPSA) is 93.1 Å². The maximum absolute atomic E-state index is 12.7. The molecule has 0 saturated carbocycles. The summed E-state index contributed by atoms with van der Waals surface area (Å²) in [7, 11) is 0. The van der Waals surface area contributed by atoms with E-state index in [4.69, 9.17) is 9.47 Å². The van der Waals surface area contributed by atoms with Crippen LogP contribution in [0.3, 0.4) is 0 Å². The Bertz CT molecular complexity index is 986. The molecule has 1 aliphatic rings. The number of ether oxygens (including phenoxy) is 2. The normalized spacial score (nSPS) is 15.0. The van der Waals surface area contributed by atoms with Crippen LogP contribution in [-0.2, 0) is 4.79 Å². The zero-order valence-electron chi connectivity index (χ0n) is 21.1.